The van der Waals surface area contributed by atoms with E-state index in [1.165, 1.54) is 5.56 Å². The molecule has 1 saturated heterocycles. The van der Waals surface area contributed by atoms with Crippen molar-refractivity contribution in [3.63, 3.8) is 0 Å². The fourth-order valence-electron chi connectivity index (χ4n) is 4.45. The minimum atomic E-state index is -0.0546. The van der Waals surface area contributed by atoms with Gasteiger partial charge in [0, 0.05) is 23.7 Å². The lowest BCUT2D eigenvalue weighted by Gasteiger charge is -2.24. The van der Waals surface area contributed by atoms with Crippen molar-refractivity contribution in [3.05, 3.63) is 94.5 Å². The van der Waals surface area contributed by atoms with Gasteiger partial charge >= 0.3 is 0 Å². The Labute approximate surface area is 187 Å². The number of rotatable bonds is 4. The van der Waals surface area contributed by atoms with Gasteiger partial charge in [0.2, 0.25) is 0 Å². The average molecular weight is 430 g/mol. The first-order valence-corrected chi connectivity index (χ1v) is 11.0. The fraction of sp³-hybridized carbons (Fsp3) is 0.231. The number of hydrogen-bond acceptors (Lipinski definition) is 3. The third-order valence-electron chi connectivity index (χ3n) is 6.18. The van der Waals surface area contributed by atoms with Crippen molar-refractivity contribution < 1.29 is 4.79 Å². The van der Waals surface area contributed by atoms with Crippen LogP contribution < -0.4 is 4.90 Å². The van der Waals surface area contributed by atoms with Crippen LogP contribution in [0.3, 0.4) is 0 Å². The molecule has 0 aromatic heterocycles. The number of fused-ring (bicyclic) bond motifs is 1. The van der Waals surface area contributed by atoms with Crippen LogP contribution in [0.2, 0.25) is 5.02 Å². The molecule has 3 aromatic carbocycles. The van der Waals surface area contributed by atoms with Gasteiger partial charge in [-0.2, -0.15) is 0 Å². The summed E-state index contributed by atoms with van der Waals surface area (Å²) >= 11 is 6.27. The Morgan fingerprint density at radius 1 is 1.03 bits per heavy atom. The van der Waals surface area contributed by atoms with E-state index >= 15 is 0 Å². The molecule has 5 rings (SSSR count). The molecule has 1 atom stereocenters. The second-order valence-corrected chi connectivity index (χ2v) is 8.67. The predicted octanol–water partition coefficient (Wildman–Crippen LogP) is 5.56. The fourth-order valence-corrected chi connectivity index (χ4v) is 4.62. The Balaban J connectivity index is 1.40. The molecule has 1 amide bonds. The summed E-state index contributed by atoms with van der Waals surface area (Å²) in [4.78, 5) is 22.3. The molecule has 0 bridgehead atoms. The lowest BCUT2D eigenvalue weighted by Crippen LogP contribution is -2.40. The Bertz CT molecular complexity index is 1160. The van der Waals surface area contributed by atoms with E-state index in [1.807, 2.05) is 54.3 Å². The zero-order chi connectivity index (χ0) is 21.4. The van der Waals surface area contributed by atoms with Gasteiger partial charge in [0.25, 0.3) is 5.91 Å². The molecule has 3 aromatic rings. The first-order valence-electron chi connectivity index (χ1n) is 10.6. The Morgan fingerprint density at radius 3 is 2.61 bits per heavy atom. The molecule has 156 valence electrons. The van der Waals surface area contributed by atoms with Crippen molar-refractivity contribution in [2.45, 2.75) is 19.3 Å². The summed E-state index contributed by atoms with van der Waals surface area (Å²) in [7, 11) is 0. The molecule has 4 nitrogen and oxygen atoms in total. The van der Waals surface area contributed by atoms with Crippen LogP contribution in [-0.2, 0) is 4.79 Å². The monoisotopic (exact) mass is 429 g/mol. The molecule has 1 fully saturated rings. The van der Waals surface area contributed by atoms with E-state index in [2.05, 4.69) is 35.2 Å². The highest BCUT2D eigenvalue weighted by Gasteiger charge is 2.36. The van der Waals surface area contributed by atoms with Gasteiger partial charge in [0.05, 0.1) is 18.0 Å². The third kappa shape index (κ3) is 3.89. The normalized spacial score (nSPS) is 19.9. The summed E-state index contributed by atoms with van der Waals surface area (Å²) in [6.45, 7) is 4.46. The average Bonchev–Trinajstić information content (AvgIpc) is 3.36. The number of halogens is 1. The minimum Gasteiger partial charge on any atom is -0.293 e. The summed E-state index contributed by atoms with van der Waals surface area (Å²) in [5.41, 5.74) is 5.34. The van der Waals surface area contributed by atoms with E-state index in [1.54, 1.807) is 0 Å². The van der Waals surface area contributed by atoms with Crippen LogP contribution in [0.4, 0.5) is 11.4 Å². The van der Waals surface area contributed by atoms with Gasteiger partial charge in [-0.1, -0.05) is 66.2 Å². The van der Waals surface area contributed by atoms with Crippen molar-refractivity contribution in [1.82, 2.24) is 4.90 Å². The first-order chi connectivity index (χ1) is 15.1. The second kappa shape index (κ2) is 8.29. The van der Waals surface area contributed by atoms with Gasteiger partial charge in [-0.3, -0.25) is 14.6 Å². The second-order valence-electron chi connectivity index (χ2n) is 8.26. The maximum Gasteiger partial charge on any atom is 0.278 e. The van der Waals surface area contributed by atoms with Crippen molar-refractivity contribution in [2.75, 3.05) is 24.7 Å². The molecule has 0 aliphatic carbocycles. The van der Waals surface area contributed by atoms with E-state index in [4.69, 9.17) is 16.6 Å². The van der Waals surface area contributed by atoms with Crippen molar-refractivity contribution >= 4 is 34.6 Å². The van der Waals surface area contributed by atoms with Crippen LogP contribution in [0.1, 0.15) is 29.0 Å². The van der Waals surface area contributed by atoms with Crippen molar-refractivity contribution in [2.24, 2.45) is 4.99 Å². The van der Waals surface area contributed by atoms with Gasteiger partial charge in [-0.25, -0.2) is 4.99 Å². The van der Waals surface area contributed by atoms with Gasteiger partial charge in [-0.05, 0) is 48.6 Å². The van der Waals surface area contributed by atoms with Gasteiger partial charge < -0.3 is 0 Å². The topological polar surface area (TPSA) is 35.9 Å². The summed E-state index contributed by atoms with van der Waals surface area (Å²) in [6.07, 6.45) is 1.11. The molecule has 5 heteroatoms. The number of carbonyl (C=O) groups is 1. The quantitative estimate of drug-likeness (QED) is 0.544. The smallest absolute Gasteiger partial charge is 0.278 e. The van der Waals surface area contributed by atoms with Crippen LogP contribution >= 0.6 is 11.6 Å². The van der Waals surface area contributed by atoms with Crippen LogP contribution in [-0.4, -0.2) is 36.3 Å². The lowest BCUT2D eigenvalue weighted by atomic mass is 9.99. The van der Waals surface area contributed by atoms with Crippen molar-refractivity contribution in [1.29, 1.82) is 0 Å². The maximum atomic E-state index is 13.4. The molecule has 2 aliphatic heterocycles. The van der Waals surface area contributed by atoms with Gasteiger partial charge in [-0.15, -0.1) is 0 Å². The number of para-hydroxylation sites is 1. The van der Waals surface area contributed by atoms with E-state index in [0.717, 1.165) is 36.3 Å². The highest BCUT2D eigenvalue weighted by molar-refractivity contribution is 6.54. The summed E-state index contributed by atoms with van der Waals surface area (Å²) in [5.74, 6) is 0.457. The largest absolute Gasteiger partial charge is 0.293 e. The number of aliphatic imine (C=N–C) groups is 1. The number of aryl methyl sites for hydroxylation is 1. The Morgan fingerprint density at radius 2 is 1.81 bits per heavy atom. The van der Waals surface area contributed by atoms with Gasteiger partial charge in [0.15, 0.2) is 0 Å². The molecule has 2 heterocycles. The number of hydrogen-bond donors (Lipinski definition) is 0. The zero-order valence-corrected chi connectivity index (χ0v) is 18.2. The standard InChI is InChI=1S/C26H24ClN3O/c1-18-11-12-21(15-23(18)27)28-25-22-9-5-6-10-24(22)30(26(25)31)17-29-14-13-20(16-29)19-7-3-2-4-8-19/h2-12,15,20H,13-14,16-17H2,1H3/t20-/m1/s1. The van der Waals surface area contributed by atoms with E-state index in [-0.39, 0.29) is 5.91 Å². The van der Waals surface area contributed by atoms with E-state index in [0.29, 0.717) is 29.0 Å². The number of carbonyl (C=O) groups excluding carboxylic acids is 1. The number of benzene rings is 3. The molecule has 31 heavy (non-hydrogen) atoms. The van der Waals surface area contributed by atoms with Gasteiger partial charge in [0.1, 0.15) is 5.71 Å². The molecule has 0 saturated carbocycles. The van der Waals surface area contributed by atoms with E-state index < -0.39 is 0 Å². The minimum absolute atomic E-state index is 0.0546. The number of amides is 1. The molecular formula is C26H24ClN3O. The van der Waals surface area contributed by atoms with E-state index in [9.17, 15) is 4.79 Å². The highest BCUT2D eigenvalue weighted by Crippen LogP contribution is 2.33. The number of nitrogens with zero attached hydrogens (tertiary/aromatic N) is 3. The zero-order valence-electron chi connectivity index (χ0n) is 17.5. The Hall–Kier alpha value is -2.95. The van der Waals surface area contributed by atoms with Crippen LogP contribution in [0.5, 0.6) is 0 Å². The summed E-state index contributed by atoms with van der Waals surface area (Å²) < 4.78 is 0. The Kier molecular flexibility index (Phi) is 5.34. The highest BCUT2D eigenvalue weighted by atomic mass is 35.5. The van der Waals surface area contributed by atoms with Crippen LogP contribution in [0, 0.1) is 6.92 Å². The lowest BCUT2D eigenvalue weighted by molar-refractivity contribution is -0.112. The predicted molar refractivity (Wildman–Crippen MR) is 127 cm³/mol. The number of anilines is 1. The molecular weight excluding hydrogens is 406 g/mol. The van der Waals surface area contributed by atoms with Crippen LogP contribution in [0.15, 0.2) is 77.8 Å². The van der Waals surface area contributed by atoms with Crippen molar-refractivity contribution in [3.8, 4) is 0 Å². The molecule has 2 aliphatic rings. The first kappa shape index (κ1) is 20.0. The molecule has 0 radical (unpaired) electrons. The maximum absolute atomic E-state index is 13.4. The SMILES string of the molecule is Cc1ccc(N=C2C(=O)N(CN3CC[C@@H](c4ccccc4)C3)c3ccccc32)cc1Cl. The molecule has 0 N–H and O–H groups in total. The number of likely N-dealkylation sites (tertiary alicyclic amines) is 1. The molecule has 0 spiro atoms. The summed E-state index contributed by atoms with van der Waals surface area (Å²) in [5, 5.41) is 0.654. The molecule has 0 unspecified atom stereocenters. The van der Waals surface area contributed by atoms with Crippen LogP contribution in [0.25, 0.3) is 0 Å². The summed E-state index contributed by atoms with van der Waals surface area (Å²) in [6, 6.07) is 24.2. The third-order valence-corrected chi connectivity index (χ3v) is 6.59.